The molecule has 0 bridgehead atoms. The second kappa shape index (κ2) is 10.3. The Morgan fingerprint density at radius 1 is 0.478 bits per heavy atom. The van der Waals surface area contributed by atoms with E-state index in [9.17, 15) is 20.2 Å². The number of rotatable bonds is 6. The second-order valence-electron chi connectivity index (χ2n) is 11.2. The Labute approximate surface area is 263 Å². The molecule has 6 aromatic rings. The molecule has 0 amide bonds. The van der Waals surface area contributed by atoms with Crippen LogP contribution in [-0.4, -0.2) is 9.85 Å². The molecular weight excluding hydrogens is 580 g/mol. The molecule has 1 aliphatic heterocycles. The van der Waals surface area contributed by atoms with Gasteiger partial charge in [-0.05, 0) is 82.9 Å². The molecule has 0 unspecified atom stereocenters. The van der Waals surface area contributed by atoms with Gasteiger partial charge in [0, 0.05) is 58.1 Å². The van der Waals surface area contributed by atoms with E-state index in [2.05, 4.69) is 47.0 Å². The standard InChI is InChI=1S/C37H24N4O5/c42-40(43)27-15-9-23(10-16-27)38-25-13-19-29-30-20-14-26(39-24-11-17-28(18-12-24)41(44)45)22-34(30)37(33(29)21-25)31-5-1-3-7-35(31)46-36-8-4-2-6-32(36)37/h1-22,38-39H. The summed E-state index contributed by atoms with van der Waals surface area (Å²) in [4.78, 5) is 21.6. The lowest BCUT2D eigenvalue weighted by Crippen LogP contribution is -2.32. The zero-order valence-electron chi connectivity index (χ0n) is 24.1. The van der Waals surface area contributed by atoms with Crippen LogP contribution in [0.2, 0.25) is 0 Å². The predicted octanol–water partition coefficient (Wildman–Crippen LogP) is 9.46. The first-order chi connectivity index (χ1) is 22.4. The number of nitro benzene ring substituents is 2. The summed E-state index contributed by atoms with van der Waals surface area (Å²) in [6.45, 7) is 0. The lowest BCUT2D eigenvalue weighted by molar-refractivity contribution is -0.385. The van der Waals surface area contributed by atoms with Gasteiger partial charge in [0.05, 0.1) is 15.3 Å². The van der Waals surface area contributed by atoms with Gasteiger partial charge in [-0.3, -0.25) is 20.2 Å². The van der Waals surface area contributed by atoms with Crippen molar-refractivity contribution in [1.29, 1.82) is 0 Å². The van der Waals surface area contributed by atoms with Gasteiger partial charge in [-0.15, -0.1) is 0 Å². The van der Waals surface area contributed by atoms with Crippen LogP contribution in [0.1, 0.15) is 22.3 Å². The second-order valence-corrected chi connectivity index (χ2v) is 11.2. The van der Waals surface area contributed by atoms with Gasteiger partial charge in [0.15, 0.2) is 0 Å². The summed E-state index contributed by atoms with van der Waals surface area (Å²) in [5.41, 5.74) is 8.81. The molecule has 8 rings (SSSR count). The zero-order chi connectivity index (χ0) is 31.4. The molecule has 0 radical (unpaired) electrons. The summed E-state index contributed by atoms with van der Waals surface area (Å²) >= 11 is 0. The van der Waals surface area contributed by atoms with Gasteiger partial charge in [-0.1, -0.05) is 48.5 Å². The molecule has 0 saturated carbocycles. The monoisotopic (exact) mass is 604 g/mol. The Hall–Kier alpha value is -6.48. The van der Waals surface area contributed by atoms with E-state index in [1.54, 1.807) is 24.3 Å². The van der Waals surface area contributed by atoms with E-state index in [1.165, 1.54) is 24.3 Å². The number of nitro groups is 2. The number of ether oxygens (including phenoxy) is 1. The van der Waals surface area contributed by atoms with Gasteiger partial charge in [0.25, 0.3) is 11.4 Å². The molecular formula is C37H24N4O5. The molecule has 1 spiro atoms. The third kappa shape index (κ3) is 4.17. The van der Waals surface area contributed by atoms with Gasteiger partial charge >= 0.3 is 0 Å². The first-order valence-corrected chi connectivity index (χ1v) is 14.6. The highest BCUT2D eigenvalue weighted by Gasteiger charge is 2.51. The Morgan fingerprint density at radius 2 is 0.870 bits per heavy atom. The molecule has 222 valence electrons. The van der Waals surface area contributed by atoms with Crippen molar-refractivity contribution in [1.82, 2.24) is 0 Å². The quantitative estimate of drug-likeness (QED) is 0.143. The van der Waals surface area contributed by atoms with Crippen LogP contribution in [0.25, 0.3) is 11.1 Å². The predicted molar refractivity (Wildman–Crippen MR) is 177 cm³/mol. The van der Waals surface area contributed by atoms with Crippen LogP contribution >= 0.6 is 0 Å². The molecule has 6 aromatic carbocycles. The molecule has 1 heterocycles. The topological polar surface area (TPSA) is 120 Å². The highest BCUT2D eigenvalue weighted by molar-refractivity contribution is 5.91. The largest absolute Gasteiger partial charge is 0.457 e. The first kappa shape index (κ1) is 27.1. The maximum atomic E-state index is 11.2. The molecule has 0 atom stereocenters. The first-order valence-electron chi connectivity index (χ1n) is 14.6. The van der Waals surface area contributed by atoms with Gasteiger partial charge < -0.3 is 15.4 Å². The van der Waals surface area contributed by atoms with Crippen molar-refractivity contribution in [2.45, 2.75) is 5.41 Å². The van der Waals surface area contributed by atoms with E-state index >= 15 is 0 Å². The summed E-state index contributed by atoms with van der Waals surface area (Å²) in [5, 5.41) is 29.3. The van der Waals surface area contributed by atoms with E-state index in [1.807, 2.05) is 48.5 Å². The Balaban J connectivity index is 1.31. The maximum Gasteiger partial charge on any atom is 0.269 e. The lowest BCUT2D eigenvalue weighted by Gasteiger charge is -2.39. The summed E-state index contributed by atoms with van der Waals surface area (Å²) in [6, 6.07) is 41.5. The normalized spacial score (nSPS) is 13.0. The zero-order valence-corrected chi connectivity index (χ0v) is 24.1. The molecule has 0 fully saturated rings. The van der Waals surface area contributed by atoms with Crippen molar-refractivity contribution in [2.24, 2.45) is 0 Å². The molecule has 0 saturated heterocycles. The highest BCUT2D eigenvalue weighted by Crippen LogP contribution is 2.62. The van der Waals surface area contributed by atoms with E-state index in [-0.39, 0.29) is 11.4 Å². The molecule has 1 aliphatic carbocycles. The molecule has 2 aliphatic rings. The number of fused-ring (bicyclic) bond motifs is 9. The third-order valence-corrected chi connectivity index (χ3v) is 8.67. The van der Waals surface area contributed by atoms with Gasteiger partial charge in [0.1, 0.15) is 11.5 Å². The van der Waals surface area contributed by atoms with Crippen LogP contribution in [-0.2, 0) is 5.41 Å². The van der Waals surface area contributed by atoms with Crippen molar-refractivity contribution < 1.29 is 14.6 Å². The summed E-state index contributed by atoms with van der Waals surface area (Å²) in [6.07, 6.45) is 0. The van der Waals surface area contributed by atoms with Crippen molar-refractivity contribution >= 4 is 34.1 Å². The number of hydrogen-bond acceptors (Lipinski definition) is 7. The van der Waals surface area contributed by atoms with Gasteiger partial charge in [-0.2, -0.15) is 0 Å². The number of non-ortho nitro benzene ring substituents is 2. The van der Waals surface area contributed by atoms with Crippen LogP contribution < -0.4 is 15.4 Å². The molecule has 2 N–H and O–H groups in total. The fraction of sp³-hybridized carbons (Fsp3) is 0.0270. The Bertz CT molecular complexity index is 2040. The number of para-hydroxylation sites is 2. The van der Waals surface area contributed by atoms with Gasteiger partial charge in [-0.25, -0.2) is 0 Å². The minimum Gasteiger partial charge on any atom is -0.457 e. The van der Waals surface area contributed by atoms with E-state index in [0.717, 1.165) is 67.6 Å². The van der Waals surface area contributed by atoms with Crippen molar-refractivity contribution in [3.05, 3.63) is 176 Å². The number of nitrogens with one attached hydrogen (secondary N) is 2. The molecule has 0 aromatic heterocycles. The lowest BCUT2D eigenvalue weighted by atomic mass is 9.66. The maximum absolute atomic E-state index is 11.2. The average molecular weight is 605 g/mol. The van der Waals surface area contributed by atoms with E-state index in [4.69, 9.17) is 4.74 Å². The van der Waals surface area contributed by atoms with Crippen molar-refractivity contribution in [3.63, 3.8) is 0 Å². The average Bonchev–Trinajstić information content (AvgIpc) is 3.35. The van der Waals surface area contributed by atoms with Crippen LogP contribution in [0.5, 0.6) is 11.5 Å². The van der Waals surface area contributed by atoms with Crippen LogP contribution in [0.15, 0.2) is 133 Å². The number of anilines is 4. The summed E-state index contributed by atoms with van der Waals surface area (Å²) in [7, 11) is 0. The summed E-state index contributed by atoms with van der Waals surface area (Å²) < 4.78 is 6.47. The summed E-state index contributed by atoms with van der Waals surface area (Å²) in [5.74, 6) is 1.53. The van der Waals surface area contributed by atoms with Crippen LogP contribution in [0.3, 0.4) is 0 Å². The Morgan fingerprint density at radius 3 is 1.28 bits per heavy atom. The van der Waals surface area contributed by atoms with E-state index in [0.29, 0.717) is 0 Å². The third-order valence-electron chi connectivity index (χ3n) is 8.67. The SMILES string of the molecule is O=[N+]([O-])c1ccc(Nc2ccc3c(c2)C2(c4ccccc4Oc4ccccc42)c2cc(Nc4ccc([N+](=O)[O-])cc4)ccc2-3)cc1. The van der Waals surface area contributed by atoms with E-state index < -0.39 is 15.3 Å². The molecule has 9 nitrogen and oxygen atoms in total. The highest BCUT2D eigenvalue weighted by atomic mass is 16.6. The van der Waals surface area contributed by atoms with Crippen LogP contribution in [0, 0.1) is 20.2 Å². The number of benzene rings is 6. The van der Waals surface area contributed by atoms with Crippen molar-refractivity contribution in [2.75, 3.05) is 10.6 Å². The fourth-order valence-electron chi connectivity index (χ4n) is 6.72. The number of hydrogen-bond donors (Lipinski definition) is 2. The molecule has 46 heavy (non-hydrogen) atoms. The molecule has 9 heteroatoms. The fourth-order valence-corrected chi connectivity index (χ4v) is 6.72. The van der Waals surface area contributed by atoms with Crippen molar-refractivity contribution in [3.8, 4) is 22.6 Å². The minimum absolute atomic E-state index is 0.0301. The number of nitrogens with zero attached hydrogens (tertiary/aromatic N) is 2. The minimum atomic E-state index is -0.726. The Kier molecular flexibility index (Phi) is 6.07. The smallest absolute Gasteiger partial charge is 0.269 e. The van der Waals surface area contributed by atoms with Crippen LogP contribution in [0.4, 0.5) is 34.1 Å². The van der Waals surface area contributed by atoms with Gasteiger partial charge in [0.2, 0.25) is 0 Å².